The molecule has 5 rings (SSSR count). The summed E-state index contributed by atoms with van der Waals surface area (Å²) in [6, 6.07) is 18.7. The molecule has 1 aliphatic carbocycles. The highest BCUT2D eigenvalue weighted by Crippen LogP contribution is 2.39. The first kappa shape index (κ1) is 32.9. The van der Waals surface area contributed by atoms with Crippen molar-refractivity contribution in [3.05, 3.63) is 88.2 Å². The predicted molar refractivity (Wildman–Crippen MR) is 172 cm³/mol. The third-order valence-corrected chi connectivity index (χ3v) is 9.12. The lowest BCUT2D eigenvalue weighted by Gasteiger charge is -2.34. The minimum absolute atomic E-state index is 0.00675. The monoisotopic (exact) mass is 637 g/mol. The second-order valence-electron chi connectivity index (χ2n) is 11.6. The van der Waals surface area contributed by atoms with Gasteiger partial charge in [-0.05, 0) is 61.1 Å². The standard InChI is InChI=1S/C35H41ClFN3O5/c1-43-19-20-45-31-14-12-27(34(38)41)32(33(31)37)28-21-25(9-13-30(28)36)29(23-5-3-2-4-6-23)22-39-26-10-7-24(8-11-26)35(42)40-15-17-44-18-16-40/h2-6,9,12-14,21,24,26,29,39H,7-8,10-11,15-20,22H2,1H3,(H2,38,41). The van der Waals surface area contributed by atoms with Gasteiger partial charge in [-0.15, -0.1) is 0 Å². The summed E-state index contributed by atoms with van der Waals surface area (Å²) in [6.45, 7) is 3.62. The van der Waals surface area contributed by atoms with E-state index in [1.165, 1.54) is 19.2 Å². The first-order valence-electron chi connectivity index (χ1n) is 15.6. The average molecular weight is 638 g/mol. The lowest BCUT2D eigenvalue weighted by molar-refractivity contribution is -0.140. The zero-order chi connectivity index (χ0) is 31.8. The highest BCUT2D eigenvalue weighted by atomic mass is 35.5. The molecule has 10 heteroatoms. The maximum absolute atomic E-state index is 16.0. The molecule has 1 saturated heterocycles. The lowest BCUT2D eigenvalue weighted by atomic mass is 9.84. The number of nitrogens with two attached hydrogens (primary N) is 1. The molecule has 0 aromatic heterocycles. The molecule has 1 saturated carbocycles. The largest absolute Gasteiger partial charge is 0.488 e. The average Bonchev–Trinajstić information content (AvgIpc) is 3.07. The van der Waals surface area contributed by atoms with Gasteiger partial charge in [-0.25, -0.2) is 4.39 Å². The number of ether oxygens (including phenoxy) is 3. The number of halogens is 2. The molecule has 2 amide bonds. The zero-order valence-electron chi connectivity index (χ0n) is 25.6. The van der Waals surface area contributed by atoms with Gasteiger partial charge in [0.15, 0.2) is 11.6 Å². The van der Waals surface area contributed by atoms with Crippen molar-refractivity contribution in [2.24, 2.45) is 11.7 Å². The number of carbonyl (C=O) groups excluding carboxylic acids is 2. The summed E-state index contributed by atoms with van der Waals surface area (Å²) in [4.78, 5) is 27.4. The topological polar surface area (TPSA) is 103 Å². The maximum Gasteiger partial charge on any atom is 0.249 e. The van der Waals surface area contributed by atoms with Crippen LogP contribution in [0.25, 0.3) is 11.1 Å². The number of hydrogen-bond acceptors (Lipinski definition) is 6. The van der Waals surface area contributed by atoms with Gasteiger partial charge in [-0.3, -0.25) is 9.59 Å². The van der Waals surface area contributed by atoms with Crippen molar-refractivity contribution in [1.29, 1.82) is 0 Å². The van der Waals surface area contributed by atoms with Gasteiger partial charge in [0.05, 0.1) is 25.4 Å². The van der Waals surface area contributed by atoms with Crippen LogP contribution < -0.4 is 15.8 Å². The van der Waals surface area contributed by atoms with Gasteiger partial charge in [-0.1, -0.05) is 48.0 Å². The van der Waals surface area contributed by atoms with Crippen LogP contribution in [-0.2, 0) is 14.3 Å². The molecule has 1 aliphatic heterocycles. The fourth-order valence-electron chi connectivity index (χ4n) is 6.31. The SMILES string of the molecule is COCCOc1ccc(C(N)=O)c(-c2cc(C(CNC3CCC(C(=O)N4CCOCC4)CC3)c3ccccc3)ccc2Cl)c1F. The molecular weight excluding hydrogens is 597 g/mol. The van der Waals surface area contributed by atoms with Crippen LogP contribution >= 0.6 is 11.6 Å². The number of nitrogens with one attached hydrogen (secondary N) is 1. The Morgan fingerprint density at radius 2 is 1.76 bits per heavy atom. The van der Waals surface area contributed by atoms with E-state index in [1.807, 2.05) is 35.2 Å². The number of benzene rings is 3. The molecule has 45 heavy (non-hydrogen) atoms. The van der Waals surface area contributed by atoms with Crippen LogP contribution in [0.15, 0.2) is 60.7 Å². The summed E-state index contributed by atoms with van der Waals surface area (Å²) in [6.07, 6.45) is 3.54. The minimum atomic E-state index is -0.766. The second-order valence-corrected chi connectivity index (χ2v) is 12.0. The predicted octanol–water partition coefficient (Wildman–Crippen LogP) is 5.41. The van der Waals surface area contributed by atoms with Gasteiger partial charge >= 0.3 is 0 Å². The van der Waals surface area contributed by atoms with Crippen molar-refractivity contribution in [1.82, 2.24) is 10.2 Å². The van der Waals surface area contributed by atoms with Crippen LogP contribution in [0.1, 0.15) is 53.1 Å². The van der Waals surface area contributed by atoms with Crippen LogP contribution in [0.3, 0.4) is 0 Å². The van der Waals surface area contributed by atoms with Crippen LogP contribution in [-0.4, -0.2) is 75.9 Å². The van der Waals surface area contributed by atoms with Gasteiger partial charge in [-0.2, -0.15) is 0 Å². The molecular formula is C35H41ClFN3O5. The summed E-state index contributed by atoms with van der Waals surface area (Å²) in [5.41, 5.74) is 8.06. The molecule has 1 heterocycles. The molecule has 0 bridgehead atoms. The van der Waals surface area contributed by atoms with Crippen molar-refractivity contribution in [3.8, 4) is 16.9 Å². The van der Waals surface area contributed by atoms with Crippen molar-refractivity contribution < 1.29 is 28.2 Å². The normalized spacial score (nSPS) is 19.2. The Kier molecular flexibility index (Phi) is 11.5. The molecule has 0 spiro atoms. The van der Waals surface area contributed by atoms with E-state index in [-0.39, 0.29) is 58.9 Å². The number of rotatable bonds is 12. The molecule has 1 unspecified atom stereocenters. The number of methoxy groups -OCH3 is 1. The van der Waals surface area contributed by atoms with E-state index in [4.69, 9.17) is 31.5 Å². The Morgan fingerprint density at radius 1 is 1.02 bits per heavy atom. The fraction of sp³-hybridized carbons (Fsp3) is 0.429. The third-order valence-electron chi connectivity index (χ3n) is 8.79. The third kappa shape index (κ3) is 8.02. The first-order chi connectivity index (χ1) is 21.9. The second kappa shape index (κ2) is 15.7. The van der Waals surface area contributed by atoms with Crippen molar-refractivity contribution in [3.63, 3.8) is 0 Å². The Balaban J connectivity index is 1.37. The van der Waals surface area contributed by atoms with Crippen molar-refractivity contribution >= 4 is 23.4 Å². The van der Waals surface area contributed by atoms with E-state index in [0.717, 1.165) is 36.8 Å². The summed E-state index contributed by atoms with van der Waals surface area (Å²) >= 11 is 6.67. The Hall–Kier alpha value is -3.50. The van der Waals surface area contributed by atoms with Crippen LogP contribution in [0, 0.1) is 11.7 Å². The van der Waals surface area contributed by atoms with Crippen molar-refractivity contribution in [2.75, 3.05) is 53.2 Å². The summed E-state index contributed by atoms with van der Waals surface area (Å²) in [5, 5.41) is 4.04. The molecule has 3 N–H and O–H groups in total. The van der Waals surface area contributed by atoms with Gasteiger partial charge in [0.25, 0.3) is 0 Å². The number of nitrogens with zero attached hydrogens (tertiary/aromatic N) is 1. The van der Waals surface area contributed by atoms with Crippen LogP contribution in [0.4, 0.5) is 4.39 Å². The van der Waals surface area contributed by atoms with Crippen LogP contribution in [0.2, 0.25) is 5.02 Å². The first-order valence-corrected chi connectivity index (χ1v) is 15.9. The number of amides is 2. The molecule has 8 nitrogen and oxygen atoms in total. The molecule has 2 fully saturated rings. The highest BCUT2D eigenvalue weighted by Gasteiger charge is 2.31. The van der Waals surface area contributed by atoms with E-state index in [2.05, 4.69) is 17.4 Å². The van der Waals surface area contributed by atoms with E-state index in [1.54, 1.807) is 6.07 Å². The summed E-state index contributed by atoms with van der Waals surface area (Å²) in [7, 11) is 1.53. The number of primary amides is 1. The summed E-state index contributed by atoms with van der Waals surface area (Å²) in [5.74, 6) is -1.26. The quantitative estimate of drug-likeness (QED) is 0.258. The molecule has 3 aromatic rings. The molecule has 3 aromatic carbocycles. The van der Waals surface area contributed by atoms with Crippen LogP contribution in [0.5, 0.6) is 5.75 Å². The van der Waals surface area contributed by atoms with Gasteiger partial charge in [0, 0.05) is 60.8 Å². The maximum atomic E-state index is 16.0. The summed E-state index contributed by atoms with van der Waals surface area (Å²) < 4.78 is 32.0. The Labute approximate surface area is 269 Å². The molecule has 240 valence electrons. The fourth-order valence-corrected chi connectivity index (χ4v) is 6.52. The molecule has 2 aliphatic rings. The lowest BCUT2D eigenvalue weighted by Crippen LogP contribution is -2.45. The van der Waals surface area contributed by atoms with E-state index in [9.17, 15) is 9.59 Å². The number of carbonyl (C=O) groups is 2. The van der Waals surface area contributed by atoms with Gasteiger partial charge < -0.3 is 30.2 Å². The smallest absolute Gasteiger partial charge is 0.249 e. The Bertz CT molecular complexity index is 1460. The van der Waals surface area contributed by atoms with Gasteiger partial charge in [0.2, 0.25) is 11.8 Å². The van der Waals surface area contributed by atoms with Gasteiger partial charge in [0.1, 0.15) is 6.61 Å². The molecule has 0 radical (unpaired) electrons. The Morgan fingerprint density at radius 3 is 2.44 bits per heavy atom. The molecule has 1 atom stereocenters. The number of hydrogen-bond donors (Lipinski definition) is 2. The highest BCUT2D eigenvalue weighted by molar-refractivity contribution is 6.33. The van der Waals surface area contributed by atoms with E-state index in [0.29, 0.717) is 38.4 Å². The van der Waals surface area contributed by atoms with E-state index >= 15 is 4.39 Å². The minimum Gasteiger partial charge on any atom is -0.488 e. The van der Waals surface area contributed by atoms with Crippen molar-refractivity contribution in [2.45, 2.75) is 37.6 Å². The number of morpholine rings is 1. The zero-order valence-corrected chi connectivity index (χ0v) is 26.4. The van der Waals surface area contributed by atoms with E-state index < -0.39 is 11.7 Å².